The van der Waals surface area contributed by atoms with Crippen molar-refractivity contribution in [2.75, 3.05) is 22.9 Å². The number of rotatable bonds is 4. The number of carbonyl (C=O) groups excluding carboxylic acids is 3. The first-order chi connectivity index (χ1) is 17.6. The number of halogens is 2. The molecule has 1 saturated heterocycles. The van der Waals surface area contributed by atoms with Crippen molar-refractivity contribution >= 4 is 41.1 Å². The van der Waals surface area contributed by atoms with Crippen molar-refractivity contribution in [3.63, 3.8) is 0 Å². The maximum Gasteiger partial charge on any atom is 0.414 e. The standard InChI is InChI=1S/C26H33F2N5O4/c1-16-15-32(25(36)37-21-5-8-26(27,28)9-6-21)23-11-18(3-4-22(23)33(16)17(2)34)19(13-29)14-31-20-7-10-30-24(35)12-20/h3-4,11,13-14,16,20-21H,5-10,12,15,29H2,1-2H3,(H,30,35)/t16-,20?/m0/s1. The summed E-state index contributed by atoms with van der Waals surface area (Å²) >= 11 is 0. The number of hydrogen-bond donors (Lipinski definition) is 2. The van der Waals surface area contributed by atoms with E-state index in [-0.39, 0.29) is 56.1 Å². The summed E-state index contributed by atoms with van der Waals surface area (Å²) in [6.45, 7) is 4.04. The van der Waals surface area contributed by atoms with Crippen molar-refractivity contribution in [2.45, 2.75) is 76.5 Å². The second-order valence-electron chi connectivity index (χ2n) is 9.89. The second kappa shape index (κ2) is 10.9. The van der Waals surface area contributed by atoms with Crippen molar-refractivity contribution in [1.82, 2.24) is 5.32 Å². The van der Waals surface area contributed by atoms with Gasteiger partial charge in [-0.25, -0.2) is 13.6 Å². The molecule has 1 aliphatic carbocycles. The van der Waals surface area contributed by atoms with Crippen LogP contribution >= 0.6 is 0 Å². The minimum absolute atomic E-state index is 0.0465. The number of hydrogen-bond acceptors (Lipinski definition) is 6. The number of fused-ring (bicyclic) bond motifs is 1. The predicted molar refractivity (Wildman–Crippen MR) is 137 cm³/mol. The zero-order valence-electron chi connectivity index (χ0n) is 21.1. The van der Waals surface area contributed by atoms with E-state index in [0.29, 0.717) is 35.5 Å². The van der Waals surface area contributed by atoms with Gasteiger partial charge in [-0.1, -0.05) is 6.07 Å². The number of nitrogens with two attached hydrogens (primary N) is 1. The molecule has 0 aromatic heterocycles. The van der Waals surface area contributed by atoms with Crippen LogP contribution in [0.1, 0.15) is 57.9 Å². The number of piperidine rings is 1. The Balaban J connectivity index is 1.60. The zero-order valence-corrected chi connectivity index (χ0v) is 21.1. The average Bonchev–Trinajstić information content (AvgIpc) is 2.85. The number of anilines is 2. The lowest BCUT2D eigenvalue weighted by Crippen LogP contribution is -2.52. The third kappa shape index (κ3) is 6.08. The first kappa shape index (κ1) is 26.6. The fraction of sp³-hybridized carbons (Fsp3) is 0.538. The lowest BCUT2D eigenvalue weighted by atomic mass is 9.94. The number of amides is 3. The number of ether oxygens (including phenoxy) is 1. The molecular formula is C26H33F2N5O4. The molecule has 3 N–H and O–H groups in total. The third-order valence-electron chi connectivity index (χ3n) is 7.06. The molecule has 11 heteroatoms. The molecule has 37 heavy (non-hydrogen) atoms. The predicted octanol–water partition coefficient (Wildman–Crippen LogP) is 3.61. The Labute approximate surface area is 214 Å². The van der Waals surface area contributed by atoms with E-state index >= 15 is 0 Å². The van der Waals surface area contributed by atoms with Crippen LogP contribution in [0.25, 0.3) is 5.57 Å². The van der Waals surface area contributed by atoms with Gasteiger partial charge in [-0.3, -0.25) is 19.5 Å². The van der Waals surface area contributed by atoms with Crippen molar-refractivity contribution in [3.05, 3.63) is 30.0 Å². The Hall–Kier alpha value is -3.50. The summed E-state index contributed by atoms with van der Waals surface area (Å²) in [6.07, 6.45) is 2.40. The van der Waals surface area contributed by atoms with Crippen LogP contribution in [-0.4, -0.2) is 61.3 Å². The number of allylic oxidation sites excluding steroid dienone is 1. The van der Waals surface area contributed by atoms with Crippen LogP contribution in [0.4, 0.5) is 25.0 Å². The first-order valence-electron chi connectivity index (χ1n) is 12.6. The fourth-order valence-corrected chi connectivity index (χ4v) is 5.09. The van der Waals surface area contributed by atoms with Crippen LogP contribution in [0.5, 0.6) is 0 Å². The summed E-state index contributed by atoms with van der Waals surface area (Å²) in [4.78, 5) is 44.9. The largest absolute Gasteiger partial charge is 0.446 e. The smallest absolute Gasteiger partial charge is 0.414 e. The number of nitrogens with one attached hydrogen (secondary N) is 1. The van der Waals surface area contributed by atoms with Crippen molar-refractivity contribution in [1.29, 1.82) is 0 Å². The van der Waals surface area contributed by atoms with Crippen molar-refractivity contribution in [2.24, 2.45) is 10.7 Å². The minimum atomic E-state index is -2.72. The monoisotopic (exact) mass is 517 g/mol. The molecule has 2 heterocycles. The highest BCUT2D eigenvalue weighted by molar-refractivity contribution is 6.11. The molecule has 3 aliphatic rings. The molecule has 4 rings (SSSR count). The Morgan fingerprint density at radius 3 is 2.59 bits per heavy atom. The molecule has 2 atom stereocenters. The first-order valence-corrected chi connectivity index (χ1v) is 12.6. The normalized spacial score (nSPS) is 24.5. The molecule has 0 bridgehead atoms. The van der Waals surface area contributed by atoms with E-state index in [1.807, 2.05) is 6.92 Å². The number of carbonyl (C=O) groups is 3. The van der Waals surface area contributed by atoms with Gasteiger partial charge in [0.1, 0.15) is 6.10 Å². The quantitative estimate of drug-likeness (QED) is 0.592. The maximum atomic E-state index is 13.6. The summed E-state index contributed by atoms with van der Waals surface area (Å²) in [5, 5.41) is 2.77. The Morgan fingerprint density at radius 1 is 1.22 bits per heavy atom. The topological polar surface area (TPSA) is 117 Å². The molecule has 0 radical (unpaired) electrons. The lowest BCUT2D eigenvalue weighted by Gasteiger charge is -2.41. The van der Waals surface area contributed by atoms with Crippen LogP contribution in [0.3, 0.4) is 0 Å². The van der Waals surface area contributed by atoms with Gasteiger partial charge in [0.15, 0.2) is 0 Å². The molecule has 2 fully saturated rings. The Bertz CT molecular complexity index is 1110. The number of alkyl halides is 2. The fourth-order valence-electron chi connectivity index (χ4n) is 5.09. The van der Waals surface area contributed by atoms with Gasteiger partial charge in [0.2, 0.25) is 17.7 Å². The molecule has 1 unspecified atom stereocenters. The molecule has 200 valence electrons. The van der Waals surface area contributed by atoms with Crippen LogP contribution in [0.2, 0.25) is 0 Å². The Morgan fingerprint density at radius 2 is 1.95 bits per heavy atom. The van der Waals surface area contributed by atoms with E-state index in [0.717, 1.165) is 6.42 Å². The van der Waals surface area contributed by atoms with E-state index in [2.05, 4.69) is 10.3 Å². The van der Waals surface area contributed by atoms with E-state index in [9.17, 15) is 23.2 Å². The molecular weight excluding hydrogens is 484 g/mol. The Kier molecular flexibility index (Phi) is 7.79. The average molecular weight is 518 g/mol. The minimum Gasteiger partial charge on any atom is -0.446 e. The molecule has 2 aliphatic heterocycles. The van der Waals surface area contributed by atoms with Crippen LogP contribution < -0.4 is 20.9 Å². The molecule has 1 aromatic carbocycles. The van der Waals surface area contributed by atoms with Gasteiger partial charge >= 0.3 is 6.09 Å². The summed E-state index contributed by atoms with van der Waals surface area (Å²) in [6, 6.07) is 4.81. The van der Waals surface area contributed by atoms with Gasteiger partial charge in [-0.2, -0.15) is 0 Å². The van der Waals surface area contributed by atoms with Gasteiger partial charge in [-0.15, -0.1) is 0 Å². The summed E-state index contributed by atoms with van der Waals surface area (Å²) < 4.78 is 32.7. The van der Waals surface area contributed by atoms with Crippen molar-refractivity contribution in [3.8, 4) is 0 Å². The van der Waals surface area contributed by atoms with Crippen LogP contribution in [0, 0.1) is 0 Å². The van der Waals surface area contributed by atoms with Crippen LogP contribution in [-0.2, 0) is 14.3 Å². The van der Waals surface area contributed by atoms with Crippen molar-refractivity contribution < 1.29 is 27.9 Å². The zero-order chi connectivity index (χ0) is 26.7. The summed E-state index contributed by atoms with van der Waals surface area (Å²) in [5.74, 6) is -2.94. The molecule has 0 spiro atoms. The molecule has 9 nitrogen and oxygen atoms in total. The van der Waals surface area contributed by atoms with Crippen LogP contribution in [0.15, 0.2) is 29.4 Å². The van der Waals surface area contributed by atoms with Gasteiger partial charge in [0.05, 0.1) is 23.5 Å². The van der Waals surface area contributed by atoms with E-state index in [4.69, 9.17) is 10.5 Å². The van der Waals surface area contributed by atoms with Gasteiger partial charge < -0.3 is 20.7 Å². The SMILES string of the molecule is CC(=O)N1c2ccc(C(C=NC3CCNC(=O)C3)=CN)cc2N(C(=O)OC2CCC(F)(F)CC2)C[C@@H]1C. The van der Waals surface area contributed by atoms with E-state index in [1.165, 1.54) is 18.0 Å². The number of benzene rings is 1. The highest BCUT2D eigenvalue weighted by atomic mass is 19.3. The molecule has 1 aromatic rings. The van der Waals surface area contributed by atoms with Gasteiger partial charge in [0.25, 0.3) is 0 Å². The second-order valence-corrected chi connectivity index (χ2v) is 9.89. The summed E-state index contributed by atoms with van der Waals surface area (Å²) in [7, 11) is 0. The number of aliphatic imine (C=N–C) groups is 1. The third-order valence-corrected chi connectivity index (χ3v) is 7.06. The number of nitrogens with zero attached hydrogens (tertiary/aromatic N) is 3. The van der Waals surface area contributed by atoms with E-state index < -0.39 is 18.1 Å². The highest BCUT2D eigenvalue weighted by Crippen LogP contribution is 2.39. The highest BCUT2D eigenvalue weighted by Gasteiger charge is 2.39. The van der Waals surface area contributed by atoms with Gasteiger partial charge in [-0.05, 0) is 43.9 Å². The molecule has 1 saturated carbocycles. The summed E-state index contributed by atoms with van der Waals surface area (Å²) in [5.41, 5.74) is 8.15. The lowest BCUT2D eigenvalue weighted by molar-refractivity contribution is -0.122. The van der Waals surface area contributed by atoms with E-state index in [1.54, 1.807) is 29.3 Å². The van der Waals surface area contributed by atoms with Gasteiger partial charge in [0, 0.05) is 57.3 Å². The maximum absolute atomic E-state index is 13.6. The molecule has 3 amide bonds.